The lowest BCUT2D eigenvalue weighted by molar-refractivity contribution is -0.151. The van der Waals surface area contributed by atoms with Crippen LogP contribution in [0.4, 0.5) is 0 Å². The summed E-state index contributed by atoms with van der Waals surface area (Å²) >= 11 is 0. The first-order chi connectivity index (χ1) is 19.8. The fourth-order valence-electron chi connectivity index (χ4n) is 6.74. The van der Waals surface area contributed by atoms with Gasteiger partial charge >= 0.3 is 5.97 Å². The molecule has 1 N–H and O–H groups in total. The SMILES string of the molecule is CCOC(=O)[C@H](Cc1ccc(OCCNC2[C@H]3CN(CC4CCCCC4)C[C@@H]23)cc1)Oc1ccc(C(C)(C)C)cc1. The van der Waals surface area contributed by atoms with Crippen molar-refractivity contribution < 1.29 is 19.0 Å². The highest BCUT2D eigenvalue weighted by Gasteiger charge is 2.55. The number of nitrogens with one attached hydrogen (secondary N) is 1. The second-order valence-corrected chi connectivity index (χ2v) is 13.4. The molecule has 224 valence electrons. The van der Waals surface area contributed by atoms with E-state index in [4.69, 9.17) is 14.2 Å². The smallest absolute Gasteiger partial charge is 0.347 e. The molecule has 0 radical (unpaired) electrons. The summed E-state index contributed by atoms with van der Waals surface area (Å²) in [6.07, 6.45) is 6.93. The number of nitrogens with zero attached hydrogens (tertiary/aromatic N) is 1. The van der Waals surface area contributed by atoms with Crippen molar-refractivity contribution >= 4 is 5.97 Å². The number of carbonyl (C=O) groups excluding carboxylic acids is 1. The van der Waals surface area contributed by atoms with E-state index in [0.29, 0.717) is 31.4 Å². The molecule has 0 amide bonds. The molecule has 2 saturated carbocycles. The molecule has 1 aliphatic heterocycles. The molecule has 4 atom stereocenters. The van der Waals surface area contributed by atoms with Crippen molar-refractivity contribution in [3.63, 3.8) is 0 Å². The standard InChI is InChI=1S/C35H50N2O4/c1-5-39-34(38)32(41-29-17-13-27(14-18-29)35(2,3)4)21-25-11-15-28(16-12-25)40-20-19-36-33-30-23-37(24-31(30)33)22-26-9-7-6-8-10-26/h11-18,26,30-33,36H,5-10,19-24H2,1-4H3/t30-,31+,32-,33?/m0/s1. The number of hydrogen-bond donors (Lipinski definition) is 1. The van der Waals surface area contributed by atoms with Gasteiger partial charge in [-0.1, -0.05) is 64.3 Å². The minimum atomic E-state index is -0.706. The number of benzene rings is 2. The van der Waals surface area contributed by atoms with Crippen LogP contribution in [0.25, 0.3) is 0 Å². The van der Waals surface area contributed by atoms with Crippen LogP contribution in [0.5, 0.6) is 11.5 Å². The number of carbonyl (C=O) groups is 1. The molecule has 3 fully saturated rings. The quantitative estimate of drug-likeness (QED) is 0.238. The van der Waals surface area contributed by atoms with Crippen LogP contribution >= 0.6 is 0 Å². The third-order valence-corrected chi connectivity index (χ3v) is 9.15. The fourth-order valence-corrected chi connectivity index (χ4v) is 6.74. The van der Waals surface area contributed by atoms with Crippen molar-refractivity contribution in [2.24, 2.45) is 17.8 Å². The Morgan fingerprint density at radius 3 is 2.24 bits per heavy atom. The summed E-state index contributed by atoms with van der Waals surface area (Å²) < 4.78 is 17.4. The van der Waals surface area contributed by atoms with Crippen molar-refractivity contribution in [2.45, 2.75) is 83.8 Å². The van der Waals surface area contributed by atoms with Crippen molar-refractivity contribution in [1.82, 2.24) is 10.2 Å². The maximum absolute atomic E-state index is 12.7. The van der Waals surface area contributed by atoms with Crippen molar-refractivity contribution in [1.29, 1.82) is 0 Å². The largest absolute Gasteiger partial charge is 0.492 e. The van der Waals surface area contributed by atoms with Gasteiger partial charge in [-0.15, -0.1) is 0 Å². The number of piperidine rings is 1. The highest BCUT2D eigenvalue weighted by molar-refractivity contribution is 5.75. The van der Waals surface area contributed by atoms with Gasteiger partial charge in [-0.05, 0) is 78.3 Å². The van der Waals surface area contributed by atoms with Gasteiger partial charge in [-0.2, -0.15) is 0 Å². The average Bonchev–Trinajstić information content (AvgIpc) is 3.41. The highest BCUT2D eigenvalue weighted by atomic mass is 16.6. The Bertz CT molecular complexity index is 1090. The summed E-state index contributed by atoms with van der Waals surface area (Å²) in [5.41, 5.74) is 2.29. The van der Waals surface area contributed by atoms with Crippen LogP contribution in [-0.4, -0.2) is 62.4 Å². The maximum Gasteiger partial charge on any atom is 0.347 e. The molecule has 1 heterocycles. The first-order valence-corrected chi connectivity index (χ1v) is 15.9. The first-order valence-electron chi connectivity index (χ1n) is 15.9. The Morgan fingerprint density at radius 1 is 0.951 bits per heavy atom. The zero-order valence-corrected chi connectivity index (χ0v) is 25.6. The molecule has 6 heteroatoms. The molecule has 1 unspecified atom stereocenters. The molecule has 5 rings (SSSR count). The third-order valence-electron chi connectivity index (χ3n) is 9.15. The summed E-state index contributed by atoms with van der Waals surface area (Å²) in [6, 6.07) is 16.6. The van der Waals surface area contributed by atoms with Crippen molar-refractivity contribution in [3.8, 4) is 11.5 Å². The van der Waals surface area contributed by atoms with Crippen LogP contribution < -0.4 is 14.8 Å². The van der Waals surface area contributed by atoms with Crippen LogP contribution in [-0.2, 0) is 21.4 Å². The normalized spacial score (nSPS) is 23.6. The Kier molecular flexibility index (Phi) is 9.92. The van der Waals surface area contributed by atoms with Crippen LogP contribution in [0.1, 0.15) is 70.9 Å². The molecule has 6 nitrogen and oxygen atoms in total. The molecule has 41 heavy (non-hydrogen) atoms. The second kappa shape index (κ2) is 13.6. The van der Waals surface area contributed by atoms with Gasteiger partial charge in [0, 0.05) is 38.6 Å². The molecule has 2 aromatic rings. The van der Waals surface area contributed by atoms with Crippen LogP contribution in [0, 0.1) is 17.8 Å². The summed E-state index contributed by atoms with van der Waals surface area (Å²) in [5.74, 6) is 3.78. The minimum Gasteiger partial charge on any atom is -0.492 e. The number of rotatable bonds is 13. The monoisotopic (exact) mass is 562 g/mol. The number of hydrogen-bond acceptors (Lipinski definition) is 6. The van der Waals surface area contributed by atoms with E-state index in [1.165, 1.54) is 57.3 Å². The van der Waals surface area contributed by atoms with Gasteiger partial charge in [0.2, 0.25) is 0 Å². The predicted molar refractivity (Wildman–Crippen MR) is 164 cm³/mol. The topological polar surface area (TPSA) is 60.0 Å². The average molecular weight is 563 g/mol. The summed E-state index contributed by atoms with van der Waals surface area (Å²) in [7, 11) is 0. The van der Waals surface area contributed by atoms with Crippen LogP contribution in [0.2, 0.25) is 0 Å². The van der Waals surface area contributed by atoms with E-state index in [-0.39, 0.29) is 11.4 Å². The summed E-state index contributed by atoms with van der Waals surface area (Å²) in [4.78, 5) is 15.4. The molecule has 2 aliphatic carbocycles. The molecular formula is C35H50N2O4. The number of ether oxygens (including phenoxy) is 3. The van der Waals surface area contributed by atoms with Gasteiger partial charge < -0.3 is 24.4 Å². The number of likely N-dealkylation sites (tertiary alicyclic amines) is 1. The van der Waals surface area contributed by atoms with Crippen molar-refractivity contribution in [2.75, 3.05) is 39.4 Å². The van der Waals surface area contributed by atoms with E-state index in [1.54, 1.807) is 0 Å². The Balaban J connectivity index is 1.03. The Labute approximate surface area is 247 Å². The van der Waals surface area contributed by atoms with Crippen LogP contribution in [0.3, 0.4) is 0 Å². The van der Waals surface area contributed by atoms with E-state index in [1.807, 2.05) is 43.3 Å². The van der Waals surface area contributed by atoms with Gasteiger partial charge in [0.1, 0.15) is 18.1 Å². The number of esters is 1. The molecule has 2 aromatic carbocycles. The fraction of sp³-hybridized carbons (Fsp3) is 0.629. The molecule has 0 spiro atoms. The zero-order chi connectivity index (χ0) is 28.8. The zero-order valence-electron chi connectivity index (χ0n) is 25.6. The molecule has 0 aromatic heterocycles. The Hall–Kier alpha value is -2.57. The van der Waals surface area contributed by atoms with E-state index in [0.717, 1.165) is 35.6 Å². The van der Waals surface area contributed by atoms with Gasteiger partial charge in [0.25, 0.3) is 0 Å². The second-order valence-electron chi connectivity index (χ2n) is 13.4. The number of fused-ring (bicyclic) bond motifs is 1. The third kappa shape index (κ3) is 8.26. The van der Waals surface area contributed by atoms with E-state index < -0.39 is 6.10 Å². The molecule has 3 aliphatic rings. The summed E-state index contributed by atoms with van der Waals surface area (Å²) in [5, 5.41) is 3.73. The van der Waals surface area contributed by atoms with Crippen LogP contribution in [0.15, 0.2) is 48.5 Å². The highest BCUT2D eigenvalue weighted by Crippen LogP contribution is 2.46. The van der Waals surface area contributed by atoms with Gasteiger partial charge in [0.05, 0.1) is 6.61 Å². The lowest BCUT2D eigenvalue weighted by Crippen LogP contribution is -2.36. The van der Waals surface area contributed by atoms with E-state index >= 15 is 0 Å². The maximum atomic E-state index is 12.7. The minimum absolute atomic E-state index is 0.0611. The van der Waals surface area contributed by atoms with Gasteiger partial charge in [-0.3, -0.25) is 0 Å². The molecular weight excluding hydrogens is 512 g/mol. The Morgan fingerprint density at radius 2 is 1.61 bits per heavy atom. The molecule has 1 saturated heterocycles. The van der Waals surface area contributed by atoms with Gasteiger partial charge in [0.15, 0.2) is 6.10 Å². The van der Waals surface area contributed by atoms with Gasteiger partial charge in [-0.25, -0.2) is 4.79 Å². The predicted octanol–water partition coefficient (Wildman–Crippen LogP) is 6.02. The summed E-state index contributed by atoms with van der Waals surface area (Å²) in [6.45, 7) is 14.1. The van der Waals surface area contributed by atoms with E-state index in [2.05, 4.69) is 43.1 Å². The van der Waals surface area contributed by atoms with E-state index in [9.17, 15) is 4.79 Å². The lowest BCUT2D eigenvalue weighted by Gasteiger charge is -2.28. The van der Waals surface area contributed by atoms with Crippen molar-refractivity contribution in [3.05, 3.63) is 59.7 Å². The first kappa shape index (κ1) is 29.9. The molecule has 0 bridgehead atoms. The lowest BCUT2D eigenvalue weighted by atomic mass is 9.87.